The van der Waals surface area contributed by atoms with E-state index in [9.17, 15) is 10.1 Å². The summed E-state index contributed by atoms with van der Waals surface area (Å²) in [6.07, 6.45) is 4.52. The Morgan fingerprint density at radius 3 is 2.73 bits per heavy atom. The summed E-state index contributed by atoms with van der Waals surface area (Å²) >= 11 is 0. The number of nitrogens with zero attached hydrogens (tertiary/aromatic N) is 3. The zero-order valence-electron chi connectivity index (χ0n) is 18.3. The van der Waals surface area contributed by atoms with Gasteiger partial charge in [0.25, 0.3) is 0 Å². The van der Waals surface area contributed by atoms with Crippen molar-refractivity contribution in [3.05, 3.63) is 47.2 Å². The van der Waals surface area contributed by atoms with E-state index in [0.717, 1.165) is 49.5 Å². The summed E-state index contributed by atoms with van der Waals surface area (Å²) in [7, 11) is 1.74. The highest BCUT2D eigenvalue weighted by atomic mass is 16.5. The number of methoxy groups -OCH3 is 1. The lowest BCUT2D eigenvalue weighted by Crippen LogP contribution is -2.36. The van der Waals surface area contributed by atoms with Gasteiger partial charge in [0.2, 0.25) is 5.91 Å². The molecule has 2 heterocycles. The van der Waals surface area contributed by atoms with Crippen molar-refractivity contribution in [1.82, 2.24) is 9.47 Å². The SMILES string of the molecule is COCC[C@H]1CCCCN(CC(=O)Nc2c(C#N)c(C)c(C)n2-c2ccccc2)C1. The van der Waals surface area contributed by atoms with E-state index in [1.54, 1.807) is 7.11 Å². The highest BCUT2D eigenvalue weighted by Gasteiger charge is 2.23. The first-order chi connectivity index (χ1) is 14.5. The van der Waals surface area contributed by atoms with E-state index in [1.807, 2.05) is 48.7 Å². The number of amides is 1. The first-order valence-corrected chi connectivity index (χ1v) is 10.7. The van der Waals surface area contributed by atoms with Crippen molar-refractivity contribution in [1.29, 1.82) is 5.26 Å². The number of aromatic nitrogens is 1. The Balaban J connectivity index is 1.78. The Hall–Kier alpha value is -2.62. The van der Waals surface area contributed by atoms with Crippen molar-refractivity contribution in [2.75, 3.05) is 38.7 Å². The number of anilines is 1. The van der Waals surface area contributed by atoms with Gasteiger partial charge in [-0.1, -0.05) is 24.6 Å². The minimum absolute atomic E-state index is 0.0754. The second kappa shape index (κ2) is 10.4. The van der Waals surface area contributed by atoms with E-state index in [1.165, 1.54) is 12.8 Å². The third-order valence-corrected chi connectivity index (χ3v) is 6.05. The van der Waals surface area contributed by atoms with Gasteiger partial charge in [-0.25, -0.2) is 0 Å². The molecule has 1 aromatic carbocycles. The van der Waals surface area contributed by atoms with Crippen LogP contribution >= 0.6 is 0 Å². The second-order valence-electron chi connectivity index (χ2n) is 8.14. The number of benzene rings is 1. The van der Waals surface area contributed by atoms with E-state index < -0.39 is 0 Å². The molecule has 3 rings (SSSR count). The molecule has 0 radical (unpaired) electrons. The van der Waals surface area contributed by atoms with Gasteiger partial charge in [-0.3, -0.25) is 14.3 Å². The second-order valence-corrected chi connectivity index (χ2v) is 8.14. The largest absolute Gasteiger partial charge is 0.385 e. The summed E-state index contributed by atoms with van der Waals surface area (Å²) in [5.41, 5.74) is 3.32. The zero-order valence-corrected chi connectivity index (χ0v) is 18.3. The van der Waals surface area contributed by atoms with Crippen LogP contribution in [0.1, 0.15) is 42.5 Å². The molecule has 1 fully saturated rings. The Bertz CT molecular complexity index is 898. The molecule has 0 spiro atoms. The maximum Gasteiger partial charge on any atom is 0.239 e. The Labute approximate surface area is 179 Å². The van der Waals surface area contributed by atoms with Crippen LogP contribution in [0.4, 0.5) is 5.82 Å². The summed E-state index contributed by atoms with van der Waals surface area (Å²) < 4.78 is 7.21. The van der Waals surface area contributed by atoms with Crippen LogP contribution in [0.2, 0.25) is 0 Å². The summed E-state index contributed by atoms with van der Waals surface area (Å²) in [5, 5.41) is 12.8. The minimum atomic E-state index is -0.0754. The van der Waals surface area contributed by atoms with Gasteiger partial charge in [0.15, 0.2) is 0 Å². The molecule has 1 amide bonds. The fourth-order valence-electron chi connectivity index (χ4n) is 4.32. The lowest BCUT2D eigenvalue weighted by molar-refractivity contribution is -0.117. The van der Waals surface area contributed by atoms with Gasteiger partial charge in [-0.05, 0) is 63.3 Å². The van der Waals surface area contributed by atoms with Gasteiger partial charge in [0.05, 0.1) is 12.1 Å². The number of para-hydroxylation sites is 1. The van der Waals surface area contributed by atoms with Crippen LogP contribution in [0.25, 0.3) is 5.69 Å². The van der Waals surface area contributed by atoms with Gasteiger partial charge in [0.1, 0.15) is 11.9 Å². The molecule has 1 N–H and O–H groups in total. The van der Waals surface area contributed by atoms with Crippen LogP contribution in [0.3, 0.4) is 0 Å². The summed E-state index contributed by atoms with van der Waals surface area (Å²) in [4.78, 5) is 15.2. The Morgan fingerprint density at radius 1 is 1.27 bits per heavy atom. The van der Waals surface area contributed by atoms with Crippen molar-refractivity contribution >= 4 is 11.7 Å². The third kappa shape index (κ3) is 5.10. The zero-order chi connectivity index (χ0) is 21.5. The standard InChI is InChI=1S/C24H32N4O2/c1-18-19(2)28(21-10-5-4-6-11-21)24(22(18)15-25)26-23(29)17-27-13-8-7-9-20(16-27)12-14-30-3/h4-6,10-11,20H,7-9,12-14,16-17H2,1-3H3,(H,26,29)/t20-/m1/s1. The van der Waals surface area contributed by atoms with Crippen molar-refractivity contribution in [2.45, 2.75) is 39.5 Å². The number of ether oxygens (including phenoxy) is 1. The smallest absolute Gasteiger partial charge is 0.239 e. The van der Waals surface area contributed by atoms with Crippen molar-refractivity contribution in [3.8, 4) is 11.8 Å². The van der Waals surface area contributed by atoms with Crippen LogP contribution in [0.5, 0.6) is 0 Å². The molecular weight excluding hydrogens is 376 g/mol. The summed E-state index contributed by atoms with van der Waals surface area (Å²) in [6, 6.07) is 12.1. The molecule has 6 nitrogen and oxygen atoms in total. The van der Waals surface area contributed by atoms with Crippen LogP contribution in [0.15, 0.2) is 30.3 Å². The van der Waals surface area contributed by atoms with Crippen LogP contribution in [0, 0.1) is 31.1 Å². The van der Waals surface area contributed by atoms with Gasteiger partial charge < -0.3 is 10.1 Å². The van der Waals surface area contributed by atoms with E-state index in [2.05, 4.69) is 16.3 Å². The van der Waals surface area contributed by atoms with Crippen molar-refractivity contribution in [3.63, 3.8) is 0 Å². The molecule has 0 saturated carbocycles. The Morgan fingerprint density at radius 2 is 2.03 bits per heavy atom. The molecule has 2 aromatic rings. The predicted octanol–water partition coefficient (Wildman–Crippen LogP) is 4.04. The number of likely N-dealkylation sites (tertiary alicyclic amines) is 1. The number of carbonyl (C=O) groups excluding carboxylic acids is 1. The molecule has 1 saturated heterocycles. The maximum absolute atomic E-state index is 13.0. The molecule has 30 heavy (non-hydrogen) atoms. The molecule has 1 aromatic heterocycles. The first kappa shape index (κ1) is 22.1. The minimum Gasteiger partial charge on any atom is -0.385 e. The van der Waals surface area contributed by atoms with Crippen molar-refractivity contribution < 1.29 is 9.53 Å². The fourth-order valence-corrected chi connectivity index (χ4v) is 4.32. The topological polar surface area (TPSA) is 70.3 Å². The van der Waals surface area contributed by atoms with Gasteiger partial charge in [-0.15, -0.1) is 0 Å². The van der Waals surface area contributed by atoms with Crippen molar-refractivity contribution in [2.24, 2.45) is 5.92 Å². The van der Waals surface area contributed by atoms with E-state index >= 15 is 0 Å². The average molecular weight is 409 g/mol. The average Bonchev–Trinajstić information content (AvgIpc) is 2.88. The van der Waals surface area contributed by atoms with Gasteiger partial charge in [-0.2, -0.15) is 5.26 Å². The van der Waals surface area contributed by atoms with Gasteiger partial charge in [0, 0.05) is 31.6 Å². The predicted molar refractivity (Wildman–Crippen MR) is 119 cm³/mol. The third-order valence-electron chi connectivity index (χ3n) is 6.05. The first-order valence-electron chi connectivity index (χ1n) is 10.7. The number of carbonyl (C=O) groups is 1. The number of nitriles is 1. The molecule has 1 aliphatic heterocycles. The van der Waals surface area contributed by atoms with E-state index in [-0.39, 0.29) is 5.91 Å². The number of hydrogen-bond acceptors (Lipinski definition) is 4. The number of nitrogens with one attached hydrogen (secondary N) is 1. The molecule has 0 aliphatic carbocycles. The quantitative estimate of drug-likeness (QED) is 0.751. The fraction of sp³-hybridized carbons (Fsp3) is 0.500. The summed E-state index contributed by atoms with van der Waals surface area (Å²) in [5.74, 6) is 1.05. The molecular formula is C24H32N4O2. The molecule has 1 aliphatic rings. The maximum atomic E-state index is 13.0. The molecule has 0 bridgehead atoms. The van der Waals surface area contributed by atoms with Crippen LogP contribution in [-0.4, -0.2) is 48.7 Å². The molecule has 160 valence electrons. The molecule has 0 unspecified atom stereocenters. The van der Waals surface area contributed by atoms with Crippen LogP contribution in [-0.2, 0) is 9.53 Å². The Kier molecular flexibility index (Phi) is 7.67. The lowest BCUT2D eigenvalue weighted by Gasteiger charge is -2.24. The highest BCUT2D eigenvalue weighted by Crippen LogP contribution is 2.30. The number of rotatable bonds is 7. The highest BCUT2D eigenvalue weighted by molar-refractivity contribution is 5.93. The van der Waals surface area contributed by atoms with Gasteiger partial charge >= 0.3 is 0 Å². The van der Waals surface area contributed by atoms with Crippen LogP contribution < -0.4 is 5.32 Å². The monoisotopic (exact) mass is 408 g/mol. The molecule has 6 heteroatoms. The van der Waals surface area contributed by atoms with E-state index in [0.29, 0.717) is 23.8 Å². The lowest BCUT2D eigenvalue weighted by atomic mass is 10.0. The summed E-state index contributed by atoms with van der Waals surface area (Å²) in [6.45, 7) is 6.86. The molecule has 1 atom stereocenters. The number of hydrogen-bond donors (Lipinski definition) is 1. The normalized spacial score (nSPS) is 17.3. The van der Waals surface area contributed by atoms with E-state index in [4.69, 9.17) is 4.74 Å².